The number of nitrogens with two attached hydrogens (primary N) is 1. The van der Waals surface area contributed by atoms with Crippen LogP contribution in [0.3, 0.4) is 0 Å². The van der Waals surface area contributed by atoms with Gasteiger partial charge in [0.1, 0.15) is 0 Å². The van der Waals surface area contributed by atoms with Crippen LogP contribution in [0.25, 0.3) is 0 Å². The molecule has 4 nitrogen and oxygen atoms in total. The van der Waals surface area contributed by atoms with E-state index in [0.717, 1.165) is 6.61 Å². The van der Waals surface area contributed by atoms with Gasteiger partial charge in [-0.3, -0.25) is 0 Å². The molecule has 1 spiro atoms. The number of fused-ring (bicyclic) bond motifs is 2. The van der Waals surface area contributed by atoms with Crippen LogP contribution >= 0.6 is 0 Å². The van der Waals surface area contributed by atoms with E-state index in [9.17, 15) is 0 Å². The minimum absolute atomic E-state index is 0.358. The zero-order valence-electron chi connectivity index (χ0n) is 13.0. The average molecular weight is 291 g/mol. The van der Waals surface area contributed by atoms with E-state index in [1.54, 1.807) is 0 Å². The lowest BCUT2D eigenvalue weighted by Crippen LogP contribution is -2.66. The van der Waals surface area contributed by atoms with Gasteiger partial charge < -0.3 is 15.8 Å². The van der Waals surface area contributed by atoms with Crippen molar-refractivity contribution in [2.24, 2.45) is 22.1 Å². The van der Waals surface area contributed by atoms with Crippen molar-refractivity contribution >= 4 is 5.96 Å². The third-order valence-corrected chi connectivity index (χ3v) is 6.47. The van der Waals surface area contributed by atoms with E-state index in [2.05, 4.69) is 5.32 Å². The van der Waals surface area contributed by atoms with Crippen molar-refractivity contribution in [1.29, 1.82) is 0 Å². The highest BCUT2D eigenvalue weighted by Crippen LogP contribution is 2.64. The van der Waals surface area contributed by atoms with Gasteiger partial charge in [-0.25, -0.2) is 4.99 Å². The predicted molar refractivity (Wildman–Crippen MR) is 84.2 cm³/mol. The molecule has 4 rings (SSSR count). The normalized spacial score (nSPS) is 39.2. The molecule has 118 valence electrons. The van der Waals surface area contributed by atoms with Crippen LogP contribution in [-0.4, -0.2) is 30.8 Å². The molecule has 3 atom stereocenters. The van der Waals surface area contributed by atoms with Crippen molar-refractivity contribution in [1.82, 2.24) is 5.32 Å². The molecule has 21 heavy (non-hydrogen) atoms. The predicted octanol–water partition coefficient (Wildman–Crippen LogP) is 2.57. The maximum absolute atomic E-state index is 6.25. The van der Waals surface area contributed by atoms with E-state index in [-0.39, 0.29) is 0 Å². The van der Waals surface area contributed by atoms with Gasteiger partial charge in [0.05, 0.1) is 12.1 Å². The van der Waals surface area contributed by atoms with Gasteiger partial charge >= 0.3 is 0 Å². The van der Waals surface area contributed by atoms with Gasteiger partial charge in [0.2, 0.25) is 0 Å². The molecule has 3 N–H and O–H groups in total. The van der Waals surface area contributed by atoms with Crippen LogP contribution in [0.4, 0.5) is 0 Å². The maximum Gasteiger partial charge on any atom is 0.189 e. The van der Waals surface area contributed by atoms with Crippen molar-refractivity contribution in [2.75, 3.05) is 6.61 Å². The molecule has 3 aliphatic carbocycles. The van der Waals surface area contributed by atoms with Crippen LogP contribution in [0.1, 0.15) is 64.2 Å². The van der Waals surface area contributed by atoms with Gasteiger partial charge in [-0.1, -0.05) is 32.1 Å². The first-order chi connectivity index (χ1) is 10.3. The van der Waals surface area contributed by atoms with Gasteiger partial charge in [0.15, 0.2) is 5.96 Å². The molecule has 1 saturated heterocycles. The second-order valence-corrected chi connectivity index (χ2v) is 7.62. The molecule has 4 heteroatoms. The summed E-state index contributed by atoms with van der Waals surface area (Å²) in [6.07, 6.45) is 13.5. The molecule has 1 aliphatic heterocycles. The monoisotopic (exact) mass is 291 g/mol. The smallest absolute Gasteiger partial charge is 0.189 e. The lowest BCUT2D eigenvalue weighted by atomic mass is 9.46. The number of ether oxygens (including phenoxy) is 1. The second kappa shape index (κ2) is 5.45. The second-order valence-electron chi connectivity index (χ2n) is 7.62. The highest BCUT2D eigenvalue weighted by molar-refractivity contribution is 5.78. The summed E-state index contributed by atoms with van der Waals surface area (Å²) in [5.74, 6) is 1.34. The van der Waals surface area contributed by atoms with Crippen LogP contribution < -0.4 is 11.1 Å². The minimum Gasteiger partial charge on any atom is -0.377 e. The fourth-order valence-corrected chi connectivity index (χ4v) is 5.21. The first-order valence-electron chi connectivity index (χ1n) is 9.01. The van der Waals surface area contributed by atoms with Crippen LogP contribution in [0.15, 0.2) is 4.99 Å². The van der Waals surface area contributed by atoms with Gasteiger partial charge in [-0.05, 0) is 32.1 Å². The highest BCUT2D eigenvalue weighted by Gasteiger charge is 2.66. The first kappa shape index (κ1) is 13.9. The van der Waals surface area contributed by atoms with Crippen molar-refractivity contribution in [3.05, 3.63) is 0 Å². The van der Waals surface area contributed by atoms with E-state index in [1.165, 1.54) is 64.2 Å². The lowest BCUT2D eigenvalue weighted by Gasteiger charge is -2.61. The summed E-state index contributed by atoms with van der Waals surface area (Å²) >= 11 is 0. The topological polar surface area (TPSA) is 59.6 Å². The molecule has 3 unspecified atom stereocenters. The molecule has 0 aromatic carbocycles. The van der Waals surface area contributed by atoms with E-state index in [4.69, 9.17) is 15.5 Å². The van der Waals surface area contributed by atoms with Crippen LogP contribution in [0.5, 0.6) is 0 Å². The Hall–Kier alpha value is -0.770. The summed E-state index contributed by atoms with van der Waals surface area (Å²) in [7, 11) is 0. The van der Waals surface area contributed by atoms with Crippen molar-refractivity contribution in [2.45, 2.75) is 82.4 Å². The minimum atomic E-state index is 0.358. The molecular formula is C17H29N3O. The Morgan fingerprint density at radius 3 is 2.48 bits per heavy atom. The number of hydrogen-bond acceptors (Lipinski definition) is 2. The molecule has 4 aliphatic rings. The van der Waals surface area contributed by atoms with Crippen LogP contribution in [-0.2, 0) is 4.74 Å². The molecule has 0 amide bonds. The number of nitrogens with zero attached hydrogens (tertiary/aromatic N) is 1. The molecule has 0 radical (unpaired) electrons. The van der Waals surface area contributed by atoms with Gasteiger partial charge in [-0.2, -0.15) is 0 Å². The number of guanidine groups is 1. The summed E-state index contributed by atoms with van der Waals surface area (Å²) in [5.41, 5.74) is 6.60. The average Bonchev–Trinajstić information content (AvgIpc) is 2.66. The molecule has 0 bridgehead atoms. The summed E-state index contributed by atoms with van der Waals surface area (Å²) in [5, 5.41) is 3.51. The maximum atomic E-state index is 6.25. The number of aliphatic imine (C=N–C) groups is 1. The molecule has 3 saturated carbocycles. The third-order valence-electron chi connectivity index (χ3n) is 6.47. The fraction of sp³-hybridized carbons (Fsp3) is 0.941. The number of hydrogen-bond donors (Lipinski definition) is 2. The third kappa shape index (κ3) is 2.26. The van der Waals surface area contributed by atoms with Crippen LogP contribution in [0.2, 0.25) is 0 Å². The van der Waals surface area contributed by atoms with Crippen molar-refractivity contribution < 1.29 is 4.74 Å². The molecule has 0 aromatic rings. The Morgan fingerprint density at radius 1 is 1.05 bits per heavy atom. The van der Waals surface area contributed by atoms with E-state index in [1.807, 2.05) is 0 Å². The van der Waals surface area contributed by atoms with Crippen LogP contribution in [0, 0.1) is 11.3 Å². The lowest BCUT2D eigenvalue weighted by molar-refractivity contribution is -0.164. The Labute approximate surface area is 127 Å². The standard InChI is InChI=1S/C17H29N3O/c18-16(19-12-6-3-1-2-4-7-12)20-14-13-8-11-21-15(13)17(14)9-5-10-17/h12-15H,1-11H2,(H3,18,19,20). The van der Waals surface area contributed by atoms with Crippen molar-refractivity contribution in [3.8, 4) is 0 Å². The van der Waals surface area contributed by atoms with E-state index in [0.29, 0.717) is 35.5 Å². The SMILES string of the molecule is NC(=NC1C2CCOC2C12CCC2)NC1CCCCCC1. The Morgan fingerprint density at radius 2 is 1.81 bits per heavy atom. The van der Waals surface area contributed by atoms with E-state index < -0.39 is 0 Å². The molecule has 1 heterocycles. The highest BCUT2D eigenvalue weighted by atomic mass is 16.5. The number of nitrogens with one attached hydrogen (secondary N) is 1. The Kier molecular flexibility index (Phi) is 3.60. The molecule has 0 aromatic heterocycles. The van der Waals surface area contributed by atoms with Gasteiger partial charge in [-0.15, -0.1) is 0 Å². The van der Waals surface area contributed by atoms with Crippen molar-refractivity contribution in [3.63, 3.8) is 0 Å². The molecule has 4 fully saturated rings. The summed E-state index contributed by atoms with van der Waals surface area (Å²) in [6.45, 7) is 0.930. The molecular weight excluding hydrogens is 262 g/mol. The summed E-state index contributed by atoms with van der Waals surface area (Å²) < 4.78 is 5.96. The summed E-state index contributed by atoms with van der Waals surface area (Å²) in [4.78, 5) is 4.93. The summed E-state index contributed by atoms with van der Waals surface area (Å²) in [6, 6.07) is 0.973. The zero-order valence-corrected chi connectivity index (χ0v) is 13.0. The van der Waals surface area contributed by atoms with E-state index >= 15 is 0 Å². The quantitative estimate of drug-likeness (QED) is 0.467. The van der Waals surface area contributed by atoms with Gasteiger partial charge in [0, 0.05) is 24.0 Å². The largest absolute Gasteiger partial charge is 0.377 e. The Balaban J connectivity index is 1.41. The first-order valence-corrected chi connectivity index (χ1v) is 9.01. The zero-order chi connectivity index (χ0) is 14.3. The number of rotatable bonds is 2. The Bertz CT molecular complexity index is 410. The fourth-order valence-electron chi connectivity index (χ4n) is 5.21. The van der Waals surface area contributed by atoms with Gasteiger partial charge in [0.25, 0.3) is 0 Å².